The molecule has 1 heterocycles. The van der Waals surface area contributed by atoms with Crippen LogP contribution in [0.4, 0.5) is 0 Å². The number of carboxylic acid groups (broad SMARTS) is 1. The quantitative estimate of drug-likeness (QED) is 0.873. The van der Waals surface area contributed by atoms with E-state index in [2.05, 4.69) is 9.97 Å². The van der Waals surface area contributed by atoms with E-state index in [1.54, 1.807) is 23.1 Å². The van der Waals surface area contributed by atoms with Gasteiger partial charge in [-0.3, -0.25) is 4.79 Å². The van der Waals surface area contributed by atoms with Gasteiger partial charge in [-0.1, -0.05) is 29.3 Å². The summed E-state index contributed by atoms with van der Waals surface area (Å²) in [5, 5.41) is 9.69. The fraction of sp³-hybridized carbons (Fsp3) is 0.250. The average molecular weight is 368 g/mol. The molecule has 0 unspecified atom stereocenters. The summed E-state index contributed by atoms with van der Waals surface area (Å²) in [7, 11) is 0. The predicted octanol–water partition coefficient (Wildman–Crippen LogP) is 3.53. The summed E-state index contributed by atoms with van der Waals surface area (Å²) in [5.41, 5.74) is 0.683. The number of hydrogen-bond acceptors (Lipinski definition) is 4. The van der Waals surface area contributed by atoms with Crippen LogP contribution in [0.5, 0.6) is 0 Å². The summed E-state index contributed by atoms with van der Waals surface area (Å²) in [6, 6.07) is 5.05. The third kappa shape index (κ3) is 4.21. The summed E-state index contributed by atoms with van der Waals surface area (Å²) in [4.78, 5) is 32.7. The van der Waals surface area contributed by atoms with Crippen LogP contribution >= 0.6 is 23.2 Å². The molecule has 0 bridgehead atoms. The fourth-order valence-corrected chi connectivity index (χ4v) is 2.34. The highest BCUT2D eigenvalue weighted by Crippen LogP contribution is 2.24. The normalized spacial score (nSPS) is 10.7. The van der Waals surface area contributed by atoms with E-state index in [1.165, 1.54) is 0 Å². The first-order valence-corrected chi connectivity index (χ1v) is 7.85. The Kier molecular flexibility index (Phi) is 5.75. The van der Waals surface area contributed by atoms with Gasteiger partial charge in [0.2, 0.25) is 0 Å². The SMILES string of the molecule is CC(C)N(Cc1ccc(Cl)c(Cl)c1)C(=O)c1cnc(C(=O)O)cn1. The maximum absolute atomic E-state index is 12.6. The molecule has 0 radical (unpaired) electrons. The minimum atomic E-state index is -1.20. The lowest BCUT2D eigenvalue weighted by molar-refractivity contribution is 0.0669. The first-order chi connectivity index (χ1) is 11.3. The third-order valence-electron chi connectivity index (χ3n) is 3.31. The molecule has 1 aromatic carbocycles. The molecule has 1 N–H and O–H groups in total. The Hall–Kier alpha value is -2.18. The number of halogens is 2. The van der Waals surface area contributed by atoms with Gasteiger partial charge in [-0.2, -0.15) is 0 Å². The van der Waals surface area contributed by atoms with Gasteiger partial charge < -0.3 is 10.0 Å². The lowest BCUT2D eigenvalue weighted by Crippen LogP contribution is -2.37. The van der Waals surface area contributed by atoms with Gasteiger partial charge in [-0.25, -0.2) is 14.8 Å². The standard InChI is InChI=1S/C16H15Cl2N3O3/c1-9(2)21(8-10-3-4-11(17)12(18)5-10)15(22)13-6-20-14(7-19-13)16(23)24/h3-7,9H,8H2,1-2H3,(H,23,24). The lowest BCUT2D eigenvalue weighted by atomic mass is 10.1. The first-order valence-electron chi connectivity index (χ1n) is 7.10. The molecule has 0 aliphatic carbocycles. The Labute approximate surface area is 149 Å². The zero-order valence-corrected chi connectivity index (χ0v) is 14.5. The van der Waals surface area contributed by atoms with Crippen LogP contribution in [0.25, 0.3) is 0 Å². The minimum Gasteiger partial charge on any atom is -0.476 e. The molecule has 1 amide bonds. The summed E-state index contributed by atoms with van der Waals surface area (Å²) in [5.74, 6) is -1.54. The minimum absolute atomic E-state index is 0.0776. The van der Waals surface area contributed by atoms with Crippen LogP contribution in [0, 0.1) is 0 Å². The Morgan fingerprint density at radius 2 is 1.75 bits per heavy atom. The van der Waals surface area contributed by atoms with E-state index in [4.69, 9.17) is 28.3 Å². The highest BCUT2D eigenvalue weighted by molar-refractivity contribution is 6.42. The van der Waals surface area contributed by atoms with Gasteiger partial charge in [-0.05, 0) is 31.5 Å². The topological polar surface area (TPSA) is 83.4 Å². The number of benzene rings is 1. The molecule has 0 aliphatic heterocycles. The highest BCUT2D eigenvalue weighted by atomic mass is 35.5. The molecule has 1 aromatic heterocycles. The molecule has 24 heavy (non-hydrogen) atoms. The van der Waals surface area contributed by atoms with Crippen molar-refractivity contribution < 1.29 is 14.7 Å². The zero-order chi connectivity index (χ0) is 17.9. The van der Waals surface area contributed by atoms with Crippen LogP contribution < -0.4 is 0 Å². The summed E-state index contributed by atoms with van der Waals surface area (Å²) in [6.07, 6.45) is 2.23. The molecule has 0 atom stereocenters. The average Bonchev–Trinajstić information content (AvgIpc) is 2.55. The predicted molar refractivity (Wildman–Crippen MR) is 90.5 cm³/mol. The lowest BCUT2D eigenvalue weighted by Gasteiger charge is -2.26. The summed E-state index contributed by atoms with van der Waals surface area (Å²) >= 11 is 11.9. The molecular weight excluding hydrogens is 353 g/mol. The number of nitrogens with zero attached hydrogens (tertiary/aromatic N) is 3. The van der Waals surface area contributed by atoms with Crippen LogP contribution in [0.15, 0.2) is 30.6 Å². The van der Waals surface area contributed by atoms with Crippen molar-refractivity contribution in [1.82, 2.24) is 14.9 Å². The second kappa shape index (κ2) is 7.59. The van der Waals surface area contributed by atoms with E-state index in [0.717, 1.165) is 18.0 Å². The fourth-order valence-electron chi connectivity index (χ4n) is 2.02. The number of aromatic carboxylic acids is 1. The molecule has 2 aromatic rings. The second-order valence-electron chi connectivity index (χ2n) is 5.37. The molecule has 0 saturated carbocycles. The van der Waals surface area contributed by atoms with Crippen molar-refractivity contribution in [2.45, 2.75) is 26.4 Å². The molecule has 2 rings (SSSR count). The van der Waals surface area contributed by atoms with Crippen molar-refractivity contribution in [2.24, 2.45) is 0 Å². The summed E-state index contributed by atoms with van der Waals surface area (Å²) < 4.78 is 0. The van der Waals surface area contributed by atoms with Crippen LogP contribution in [0.2, 0.25) is 10.0 Å². The van der Waals surface area contributed by atoms with Gasteiger partial charge in [0, 0.05) is 12.6 Å². The number of aromatic nitrogens is 2. The van der Waals surface area contributed by atoms with Crippen molar-refractivity contribution in [1.29, 1.82) is 0 Å². The Morgan fingerprint density at radius 1 is 1.12 bits per heavy atom. The van der Waals surface area contributed by atoms with E-state index in [-0.39, 0.29) is 23.3 Å². The number of carboxylic acids is 1. The molecule has 0 saturated heterocycles. The first kappa shape index (κ1) is 18.2. The van der Waals surface area contributed by atoms with Crippen LogP contribution in [-0.2, 0) is 6.54 Å². The third-order valence-corrected chi connectivity index (χ3v) is 4.05. The maximum atomic E-state index is 12.6. The number of amides is 1. The Bertz CT molecular complexity index is 764. The number of carbonyl (C=O) groups excluding carboxylic acids is 1. The molecule has 0 aliphatic rings. The summed E-state index contributed by atoms with van der Waals surface area (Å²) in [6.45, 7) is 4.05. The van der Waals surface area contributed by atoms with Gasteiger partial charge in [0.05, 0.1) is 22.4 Å². The van der Waals surface area contributed by atoms with E-state index >= 15 is 0 Å². The Morgan fingerprint density at radius 3 is 2.25 bits per heavy atom. The van der Waals surface area contributed by atoms with Crippen molar-refractivity contribution in [3.63, 3.8) is 0 Å². The van der Waals surface area contributed by atoms with E-state index in [1.807, 2.05) is 13.8 Å². The molecule has 0 fully saturated rings. The van der Waals surface area contributed by atoms with Gasteiger partial charge in [0.1, 0.15) is 5.69 Å². The largest absolute Gasteiger partial charge is 0.476 e. The van der Waals surface area contributed by atoms with Crippen LogP contribution in [0.1, 0.15) is 40.4 Å². The van der Waals surface area contributed by atoms with Crippen molar-refractivity contribution in [3.8, 4) is 0 Å². The number of carbonyl (C=O) groups is 2. The maximum Gasteiger partial charge on any atom is 0.356 e. The van der Waals surface area contributed by atoms with E-state index < -0.39 is 5.97 Å². The Balaban J connectivity index is 2.24. The number of rotatable bonds is 5. The number of hydrogen-bond donors (Lipinski definition) is 1. The van der Waals surface area contributed by atoms with Crippen molar-refractivity contribution in [2.75, 3.05) is 0 Å². The smallest absolute Gasteiger partial charge is 0.356 e. The highest BCUT2D eigenvalue weighted by Gasteiger charge is 2.21. The monoisotopic (exact) mass is 367 g/mol. The zero-order valence-electron chi connectivity index (χ0n) is 13.0. The van der Waals surface area contributed by atoms with Gasteiger partial charge >= 0.3 is 5.97 Å². The van der Waals surface area contributed by atoms with Crippen molar-refractivity contribution in [3.05, 3.63) is 57.6 Å². The second-order valence-corrected chi connectivity index (χ2v) is 6.18. The van der Waals surface area contributed by atoms with E-state index in [9.17, 15) is 9.59 Å². The molecule has 8 heteroatoms. The van der Waals surface area contributed by atoms with Crippen molar-refractivity contribution >= 4 is 35.1 Å². The molecule has 126 valence electrons. The van der Waals surface area contributed by atoms with Crippen LogP contribution in [-0.4, -0.2) is 37.9 Å². The van der Waals surface area contributed by atoms with Gasteiger partial charge in [-0.15, -0.1) is 0 Å². The van der Waals surface area contributed by atoms with Gasteiger partial charge in [0.25, 0.3) is 5.91 Å². The molecular formula is C16H15Cl2N3O3. The van der Waals surface area contributed by atoms with Crippen LogP contribution in [0.3, 0.4) is 0 Å². The molecule has 6 nitrogen and oxygen atoms in total. The van der Waals surface area contributed by atoms with Gasteiger partial charge in [0.15, 0.2) is 5.69 Å². The molecule has 0 spiro atoms. The van der Waals surface area contributed by atoms with E-state index in [0.29, 0.717) is 16.6 Å².